The Bertz CT molecular complexity index is 844. The van der Waals surface area contributed by atoms with Crippen molar-refractivity contribution in [3.8, 4) is 12.1 Å². The maximum Gasteiger partial charge on any atom is 0.241 e. The van der Waals surface area contributed by atoms with E-state index < -0.39 is 16.6 Å². The molecule has 4 atom stereocenters. The Labute approximate surface area is 210 Å². The summed E-state index contributed by atoms with van der Waals surface area (Å²) in [5, 5.41) is 17.9. The molecule has 0 amide bonds. The van der Waals surface area contributed by atoms with E-state index in [1.54, 1.807) is 12.2 Å². The van der Waals surface area contributed by atoms with Crippen molar-refractivity contribution in [2.24, 2.45) is 23.7 Å². The zero-order valence-corrected chi connectivity index (χ0v) is 24.6. The fraction of sp³-hybridized carbons (Fsp3) is 0.643. The molecule has 0 spiro atoms. The van der Waals surface area contributed by atoms with Crippen LogP contribution < -0.4 is 0 Å². The molecular formula is C28H44N2O2Si2. The van der Waals surface area contributed by atoms with Crippen molar-refractivity contribution >= 4 is 16.6 Å². The van der Waals surface area contributed by atoms with Crippen molar-refractivity contribution in [3.63, 3.8) is 0 Å². The molecular weight excluding hydrogens is 452 g/mol. The highest BCUT2D eigenvalue weighted by molar-refractivity contribution is 6.70. The molecule has 0 aromatic rings. The largest absolute Gasteiger partial charge is 0.547 e. The Balaban J connectivity index is 2.46. The van der Waals surface area contributed by atoms with E-state index in [4.69, 9.17) is 19.4 Å². The minimum atomic E-state index is -1.73. The van der Waals surface area contributed by atoms with Gasteiger partial charge in [-0.2, -0.15) is 10.5 Å². The summed E-state index contributed by atoms with van der Waals surface area (Å²) >= 11 is 0. The molecule has 0 aromatic heterocycles. The van der Waals surface area contributed by atoms with Gasteiger partial charge < -0.3 is 8.85 Å². The molecule has 2 aliphatic carbocycles. The highest BCUT2D eigenvalue weighted by Crippen LogP contribution is 2.49. The number of nitrogens with zero attached hydrogens (tertiary/aromatic N) is 2. The molecule has 2 aliphatic rings. The lowest BCUT2D eigenvalue weighted by Gasteiger charge is -2.43. The molecule has 0 aliphatic heterocycles. The van der Waals surface area contributed by atoms with Crippen LogP contribution in [0.15, 0.2) is 47.0 Å². The zero-order chi connectivity index (χ0) is 25.5. The van der Waals surface area contributed by atoms with E-state index in [9.17, 15) is 0 Å². The van der Waals surface area contributed by atoms with Gasteiger partial charge in [-0.15, -0.1) is 0 Å². The van der Waals surface area contributed by atoms with Gasteiger partial charge in [0.25, 0.3) is 0 Å². The van der Waals surface area contributed by atoms with E-state index >= 15 is 0 Å². The van der Waals surface area contributed by atoms with Crippen molar-refractivity contribution in [3.05, 3.63) is 47.0 Å². The van der Waals surface area contributed by atoms with E-state index in [2.05, 4.69) is 65.3 Å². The molecule has 0 radical (unpaired) electrons. The van der Waals surface area contributed by atoms with E-state index in [1.807, 2.05) is 12.2 Å². The molecule has 34 heavy (non-hydrogen) atoms. The first kappa shape index (κ1) is 28.2. The van der Waals surface area contributed by atoms with E-state index in [0.29, 0.717) is 23.7 Å². The van der Waals surface area contributed by atoms with E-state index in [0.717, 1.165) is 38.5 Å². The average molecular weight is 497 g/mol. The second-order valence-corrected chi connectivity index (χ2v) is 20.9. The van der Waals surface area contributed by atoms with Gasteiger partial charge in [0, 0.05) is 25.0 Å². The summed E-state index contributed by atoms with van der Waals surface area (Å²) in [6, 6.07) is 4.28. The zero-order valence-electron chi connectivity index (χ0n) is 22.6. The Hall–Kier alpha value is -2.03. The summed E-state index contributed by atoms with van der Waals surface area (Å²) in [6.07, 6.45) is 13.3. The first-order chi connectivity index (χ1) is 15.8. The van der Waals surface area contributed by atoms with Crippen molar-refractivity contribution in [2.45, 2.75) is 91.7 Å². The van der Waals surface area contributed by atoms with Crippen molar-refractivity contribution in [2.75, 3.05) is 0 Å². The molecule has 0 aromatic carbocycles. The molecule has 6 heteroatoms. The van der Waals surface area contributed by atoms with E-state index in [-0.39, 0.29) is 0 Å². The topological polar surface area (TPSA) is 66.0 Å². The first-order valence-corrected chi connectivity index (χ1v) is 19.5. The number of hydrogen-bond donors (Lipinski definition) is 0. The smallest absolute Gasteiger partial charge is 0.241 e. The van der Waals surface area contributed by atoms with Gasteiger partial charge in [-0.05, 0) is 114 Å². The maximum atomic E-state index is 8.97. The van der Waals surface area contributed by atoms with Crippen LogP contribution in [0, 0.1) is 46.3 Å². The highest BCUT2D eigenvalue weighted by atomic mass is 28.4. The van der Waals surface area contributed by atoms with Crippen LogP contribution in [0.3, 0.4) is 0 Å². The molecule has 2 unspecified atom stereocenters. The van der Waals surface area contributed by atoms with Crippen molar-refractivity contribution in [1.82, 2.24) is 0 Å². The molecule has 0 N–H and O–H groups in total. The Morgan fingerprint density at radius 1 is 0.735 bits per heavy atom. The minimum Gasteiger partial charge on any atom is -0.547 e. The summed E-state index contributed by atoms with van der Waals surface area (Å²) in [4.78, 5) is 0. The summed E-state index contributed by atoms with van der Waals surface area (Å²) < 4.78 is 13.3. The van der Waals surface area contributed by atoms with Gasteiger partial charge in [-0.3, -0.25) is 0 Å². The normalized spacial score (nSPS) is 26.6. The standard InChI is InChI=1S/C28H44N2O2Si2/c1-21-25(17-23(13-9-11-15-29)19-27(21)31-33(3,4)5)26-18-24(14-10-12-16-30)20-28(22(26)2)32-34(6,7)8/h9-12,23-26H,13-14,17-20H2,1-8H3/b11-9+,12-10+/t23-,24-,25?,26?/m1/s1. The lowest BCUT2D eigenvalue weighted by Crippen LogP contribution is -2.35. The second-order valence-electron chi connectivity index (χ2n) is 12.0. The van der Waals surface area contributed by atoms with Gasteiger partial charge in [-0.1, -0.05) is 12.2 Å². The molecule has 186 valence electrons. The van der Waals surface area contributed by atoms with Crippen LogP contribution in [0.25, 0.3) is 0 Å². The third-order valence-electron chi connectivity index (χ3n) is 6.78. The fourth-order valence-corrected chi connectivity index (χ4v) is 7.37. The summed E-state index contributed by atoms with van der Waals surface area (Å²) in [7, 11) is -3.46. The quantitative estimate of drug-likeness (QED) is 0.238. The SMILES string of the molecule is CC1=C(O[Si](C)(C)C)C[C@H](C/C=C/C#N)CC1C1C[C@@H](C/C=C/C#N)CC(O[Si](C)(C)C)=C1C. The monoisotopic (exact) mass is 496 g/mol. The summed E-state index contributed by atoms with van der Waals surface area (Å²) in [5.41, 5.74) is 2.82. The van der Waals surface area contributed by atoms with Crippen LogP contribution in [0.5, 0.6) is 0 Å². The van der Waals surface area contributed by atoms with Gasteiger partial charge in [-0.25, -0.2) is 0 Å². The van der Waals surface area contributed by atoms with Crippen LogP contribution in [0.2, 0.25) is 39.3 Å². The van der Waals surface area contributed by atoms with Crippen LogP contribution in [0.4, 0.5) is 0 Å². The van der Waals surface area contributed by atoms with Crippen LogP contribution >= 0.6 is 0 Å². The van der Waals surface area contributed by atoms with Crippen molar-refractivity contribution in [1.29, 1.82) is 10.5 Å². The van der Waals surface area contributed by atoms with Gasteiger partial charge in [0.15, 0.2) is 0 Å². The third kappa shape index (κ3) is 8.64. The number of allylic oxidation sites excluding steroid dienone is 8. The number of hydrogen-bond acceptors (Lipinski definition) is 4. The number of rotatable bonds is 9. The molecule has 4 nitrogen and oxygen atoms in total. The van der Waals surface area contributed by atoms with Crippen LogP contribution in [-0.4, -0.2) is 16.6 Å². The van der Waals surface area contributed by atoms with Crippen molar-refractivity contribution < 1.29 is 8.85 Å². The lowest BCUT2D eigenvalue weighted by molar-refractivity contribution is 0.203. The molecule has 0 bridgehead atoms. The molecule has 0 fully saturated rings. The predicted octanol–water partition coefficient (Wildman–Crippen LogP) is 8.23. The average Bonchev–Trinajstić information content (AvgIpc) is 2.71. The predicted molar refractivity (Wildman–Crippen MR) is 145 cm³/mol. The Kier molecular flexibility index (Phi) is 10.0. The molecule has 0 saturated heterocycles. The third-order valence-corrected chi connectivity index (χ3v) is 8.50. The fourth-order valence-electron chi connectivity index (χ4n) is 5.40. The highest BCUT2D eigenvalue weighted by Gasteiger charge is 2.39. The minimum absolute atomic E-state index is 0.420. The Morgan fingerprint density at radius 3 is 1.38 bits per heavy atom. The van der Waals surface area contributed by atoms with Crippen LogP contribution in [-0.2, 0) is 8.85 Å². The Morgan fingerprint density at radius 2 is 1.09 bits per heavy atom. The molecule has 0 heterocycles. The van der Waals surface area contributed by atoms with Gasteiger partial charge in [0.05, 0.1) is 23.7 Å². The number of nitriles is 2. The first-order valence-electron chi connectivity index (χ1n) is 12.7. The van der Waals surface area contributed by atoms with E-state index in [1.165, 1.54) is 22.7 Å². The maximum absolute atomic E-state index is 8.97. The van der Waals surface area contributed by atoms with Crippen LogP contribution in [0.1, 0.15) is 52.4 Å². The molecule has 2 rings (SSSR count). The summed E-state index contributed by atoms with van der Waals surface area (Å²) in [6.45, 7) is 18.1. The molecule has 0 saturated carbocycles. The lowest BCUT2D eigenvalue weighted by atomic mass is 9.66. The van der Waals surface area contributed by atoms with Gasteiger partial charge in [0.2, 0.25) is 16.6 Å². The van der Waals surface area contributed by atoms with Gasteiger partial charge >= 0.3 is 0 Å². The second kappa shape index (κ2) is 12.1. The van der Waals surface area contributed by atoms with Gasteiger partial charge in [0.1, 0.15) is 0 Å². The summed E-state index contributed by atoms with van der Waals surface area (Å²) in [5.74, 6) is 4.19.